The Hall–Kier alpha value is -2.97. The third-order valence-corrected chi connectivity index (χ3v) is 3.08. The van der Waals surface area contributed by atoms with E-state index in [1.54, 1.807) is 27.8 Å². The van der Waals surface area contributed by atoms with Crippen molar-refractivity contribution >= 4 is 23.6 Å². The van der Waals surface area contributed by atoms with Crippen molar-refractivity contribution in [2.45, 2.75) is 20.8 Å². The molecule has 0 bridgehead atoms. The van der Waals surface area contributed by atoms with Crippen LogP contribution in [-0.2, 0) is 16.5 Å². The van der Waals surface area contributed by atoms with Crippen LogP contribution in [-0.4, -0.2) is 44.9 Å². The number of esters is 2. The molecule has 2 aromatic heterocycles. The molecule has 128 valence electrons. The second-order valence-electron chi connectivity index (χ2n) is 4.78. The lowest BCUT2D eigenvalue weighted by Gasteiger charge is -2.12. The van der Waals surface area contributed by atoms with Gasteiger partial charge in [-0.2, -0.15) is 5.10 Å². The first-order valence-electron chi connectivity index (χ1n) is 7.44. The molecule has 0 atom stereocenters. The van der Waals surface area contributed by atoms with Gasteiger partial charge in [0.05, 0.1) is 19.4 Å². The van der Waals surface area contributed by atoms with E-state index in [0.717, 1.165) is 0 Å². The Morgan fingerprint density at radius 1 is 1.12 bits per heavy atom. The van der Waals surface area contributed by atoms with Gasteiger partial charge in [-0.25, -0.2) is 19.6 Å². The van der Waals surface area contributed by atoms with E-state index in [-0.39, 0.29) is 30.2 Å². The van der Waals surface area contributed by atoms with Gasteiger partial charge in [0.25, 0.3) is 0 Å². The molecule has 9 nitrogen and oxygen atoms in total. The van der Waals surface area contributed by atoms with E-state index in [1.807, 2.05) is 0 Å². The molecule has 0 aliphatic rings. The van der Waals surface area contributed by atoms with Crippen molar-refractivity contribution in [3.05, 3.63) is 29.3 Å². The number of carbonyl (C=O) groups is 2. The molecule has 0 fully saturated rings. The summed E-state index contributed by atoms with van der Waals surface area (Å²) in [5, 5.41) is 7.00. The van der Waals surface area contributed by atoms with Crippen molar-refractivity contribution in [3.63, 3.8) is 0 Å². The smallest absolute Gasteiger partial charge is 0.343 e. The van der Waals surface area contributed by atoms with Gasteiger partial charge >= 0.3 is 11.9 Å². The molecule has 1 N–H and O–H groups in total. The molecule has 0 aromatic carbocycles. The predicted molar refractivity (Wildman–Crippen MR) is 85.2 cm³/mol. The van der Waals surface area contributed by atoms with Gasteiger partial charge in [-0.1, -0.05) is 0 Å². The molecule has 0 radical (unpaired) electrons. The van der Waals surface area contributed by atoms with E-state index in [2.05, 4.69) is 20.4 Å². The summed E-state index contributed by atoms with van der Waals surface area (Å²) in [7, 11) is 1.66. The average molecular weight is 333 g/mol. The molecule has 0 saturated carbocycles. The Kier molecular flexibility index (Phi) is 5.46. The number of nitrogens with zero attached hydrogens (tertiary/aromatic N) is 4. The maximum absolute atomic E-state index is 12.1. The van der Waals surface area contributed by atoms with Crippen LogP contribution in [0.25, 0.3) is 0 Å². The van der Waals surface area contributed by atoms with Crippen LogP contribution in [0.5, 0.6) is 0 Å². The molecular formula is C15H19N5O4. The molecule has 9 heteroatoms. The van der Waals surface area contributed by atoms with Gasteiger partial charge in [-0.3, -0.25) is 4.68 Å². The largest absolute Gasteiger partial charge is 0.462 e. The summed E-state index contributed by atoms with van der Waals surface area (Å²) in [4.78, 5) is 32.3. The van der Waals surface area contributed by atoms with Crippen LogP contribution >= 0.6 is 0 Å². The van der Waals surface area contributed by atoms with E-state index in [0.29, 0.717) is 11.6 Å². The van der Waals surface area contributed by atoms with E-state index in [1.165, 1.54) is 17.1 Å². The molecule has 2 rings (SSSR count). The highest BCUT2D eigenvalue weighted by molar-refractivity contribution is 5.98. The number of hydrogen-bond acceptors (Lipinski definition) is 8. The second-order valence-corrected chi connectivity index (χ2v) is 4.78. The SMILES string of the molecule is CCOC(=O)c1cnc(C)nc1Nc1c(C(=O)OCC)cnn1C. The summed E-state index contributed by atoms with van der Waals surface area (Å²) in [6.45, 7) is 5.59. The highest BCUT2D eigenvalue weighted by Gasteiger charge is 2.21. The molecule has 2 heterocycles. The number of anilines is 2. The van der Waals surface area contributed by atoms with Gasteiger partial charge in [0.2, 0.25) is 0 Å². The van der Waals surface area contributed by atoms with Crippen molar-refractivity contribution in [3.8, 4) is 0 Å². The van der Waals surface area contributed by atoms with Crippen molar-refractivity contribution in [1.82, 2.24) is 19.7 Å². The number of rotatable bonds is 6. The van der Waals surface area contributed by atoms with E-state index in [4.69, 9.17) is 9.47 Å². The van der Waals surface area contributed by atoms with Gasteiger partial charge < -0.3 is 14.8 Å². The molecular weight excluding hydrogens is 314 g/mol. The van der Waals surface area contributed by atoms with Crippen LogP contribution in [0.4, 0.5) is 11.6 Å². The standard InChI is InChI=1S/C15H19N5O4/c1-5-23-14(21)10-7-16-9(3)18-12(10)19-13-11(8-17-20(13)4)15(22)24-6-2/h7-8H,5-6H2,1-4H3,(H,16,18,19). The lowest BCUT2D eigenvalue weighted by Crippen LogP contribution is -2.14. The fraction of sp³-hybridized carbons (Fsp3) is 0.400. The molecule has 0 aliphatic heterocycles. The third kappa shape index (κ3) is 3.67. The zero-order chi connectivity index (χ0) is 17.7. The molecule has 0 aliphatic carbocycles. The quantitative estimate of drug-likeness (QED) is 0.794. The zero-order valence-electron chi connectivity index (χ0n) is 14.0. The fourth-order valence-corrected chi connectivity index (χ4v) is 1.98. The van der Waals surface area contributed by atoms with E-state index < -0.39 is 11.9 Å². The van der Waals surface area contributed by atoms with Gasteiger partial charge in [-0.15, -0.1) is 0 Å². The number of hydrogen-bond donors (Lipinski definition) is 1. The lowest BCUT2D eigenvalue weighted by molar-refractivity contribution is 0.0518. The van der Waals surface area contributed by atoms with Crippen molar-refractivity contribution in [1.29, 1.82) is 0 Å². The first kappa shape index (κ1) is 17.4. The Balaban J connectivity index is 2.41. The van der Waals surface area contributed by atoms with Crippen LogP contribution in [0.3, 0.4) is 0 Å². The molecule has 0 spiro atoms. The Labute approximate surface area is 139 Å². The first-order chi connectivity index (χ1) is 11.5. The summed E-state index contributed by atoms with van der Waals surface area (Å²) in [5.41, 5.74) is 0.406. The maximum Gasteiger partial charge on any atom is 0.343 e. The van der Waals surface area contributed by atoms with Gasteiger partial charge in [-0.05, 0) is 20.8 Å². The van der Waals surface area contributed by atoms with Crippen molar-refractivity contribution < 1.29 is 19.1 Å². The Bertz CT molecular complexity index is 756. The zero-order valence-corrected chi connectivity index (χ0v) is 14.0. The number of carbonyl (C=O) groups excluding carboxylic acids is 2. The maximum atomic E-state index is 12.1. The summed E-state index contributed by atoms with van der Waals surface area (Å²) in [6, 6.07) is 0. The van der Waals surface area contributed by atoms with Gasteiger partial charge in [0.15, 0.2) is 0 Å². The Morgan fingerprint density at radius 2 is 1.75 bits per heavy atom. The summed E-state index contributed by atoms with van der Waals surface area (Å²) < 4.78 is 11.5. The summed E-state index contributed by atoms with van der Waals surface area (Å²) >= 11 is 0. The molecule has 24 heavy (non-hydrogen) atoms. The minimum atomic E-state index is -0.556. The number of aromatic nitrogens is 4. The van der Waals surface area contributed by atoms with Gasteiger partial charge in [0.1, 0.15) is 28.6 Å². The molecule has 0 amide bonds. The highest BCUT2D eigenvalue weighted by Crippen LogP contribution is 2.23. The second kappa shape index (κ2) is 7.53. The first-order valence-corrected chi connectivity index (χ1v) is 7.44. The summed E-state index contributed by atoms with van der Waals surface area (Å²) in [5.74, 6) is -0.0194. The monoisotopic (exact) mass is 333 g/mol. The predicted octanol–water partition coefficient (Wildman–Crippen LogP) is 1.62. The van der Waals surface area contributed by atoms with Crippen LogP contribution in [0, 0.1) is 6.92 Å². The Morgan fingerprint density at radius 3 is 2.38 bits per heavy atom. The van der Waals surface area contributed by atoms with Gasteiger partial charge in [0, 0.05) is 13.2 Å². The molecule has 2 aromatic rings. The van der Waals surface area contributed by atoms with Crippen molar-refractivity contribution in [2.75, 3.05) is 18.5 Å². The normalized spacial score (nSPS) is 10.3. The molecule has 0 saturated heterocycles. The topological polar surface area (TPSA) is 108 Å². The van der Waals surface area contributed by atoms with Crippen LogP contribution in [0.2, 0.25) is 0 Å². The van der Waals surface area contributed by atoms with Crippen molar-refractivity contribution in [2.24, 2.45) is 7.05 Å². The number of aryl methyl sites for hydroxylation is 2. The average Bonchev–Trinajstić information content (AvgIpc) is 2.89. The van der Waals surface area contributed by atoms with E-state index >= 15 is 0 Å². The van der Waals surface area contributed by atoms with E-state index in [9.17, 15) is 9.59 Å². The fourth-order valence-electron chi connectivity index (χ4n) is 1.98. The summed E-state index contributed by atoms with van der Waals surface area (Å²) in [6.07, 6.45) is 2.77. The van der Waals surface area contributed by atoms with Crippen LogP contribution in [0.1, 0.15) is 40.4 Å². The molecule has 0 unspecified atom stereocenters. The lowest BCUT2D eigenvalue weighted by atomic mass is 10.2. The minimum absolute atomic E-state index is 0.165. The number of nitrogens with one attached hydrogen (secondary N) is 1. The van der Waals surface area contributed by atoms with Crippen LogP contribution < -0.4 is 5.32 Å². The van der Waals surface area contributed by atoms with Crippen LogP contribution in [0.15, 0.2) is 12.4 Å². The third-order valence-electron chi connectivity index (χ3n) is 3.08. The number of ether oxygens (including phenoxy) is 2. The minimum Gasteiger partial charge on any atom is -0.462 e. The highest BCUT2D eigenvalue weighted by atomic mass is 16.5.